The number of nitrogens with one attached hydrogen (secondary N) is 3. The molecule has 1 aliphatic rings. The van der Waals surface area contributed by atoms with E-state index in [-0.39, 0.29) is 12.5 Å². The molecule has 21 heavy (non-hydrogen) atoms. The standard InChI is InChI=1S/C14H17N3O3S/c1-9(2)7-15-14(21)17-16-13(18)12-8-19-10-5-3-4-6-11(10)20-12/h3-6,12H,1,7-8H2,2H3,(H,16,18)(H2,15,17,21)/t12-/m0/s1. The molecule has 2 rings (SSSR count). The molecule has 0 saturated carbocycles. The molecule has 0 fully saturated rings. The van der Waals surface area contributed by atoms with Gasteiger partial charge in [0, 0.05) is 6.54 Å². The van der Waals surface area contributed by atoms with Crippen molar-refractivity contribution in [3.05, 3.63) is 36.4 Å². The van der Waals surface area contributed by atoms with E-state index in [4.69, 9.17) is 21.7 Å². The molecule has 0 radical (unpaired) electrons. The van der Waals surface area contributed by atoms with Crippen LogP contribution in [0.5, 0.6) is 11.5 Å². The number of hydrogen-bond donors (Lipinski definition) is 3. The Kier molecular flexibility index (Phi) is 4.99. The van der Waals surface area contributed by atoms with Crippen LogP contribution in [0.1, 0.15) is 6.92 Å². The molecular weight excluding hydrogens is 290 g/mol. The quantitative estimate of drug-likeness (QED) is 0.438. The zero-order chi connectivity index (χ0) is 15.2. The maximum atomic E-state index is 12.0. The fourth-order valence-corrected chi connectivity index (χ4v) is 1.75. The van der Waals surface area contributed by atoms with E-state index in [0.29, 0.717) is 23.2 Å². The van der Waals surface area contributed by atoms with Crippen LogP contribution < -0.4 is 25.6 Å². The van der Waals surface area contributed by atoms with E-state index in [1.807, 2.05) is 19.1 Å². The van der Waals surface area contributed by atoms with Gasteiger partial charge in [0.15, 0.2) is 16.6 Å². The first-order valence-electron chi connectivity index (χ1n) is 6.43. The van der Waals surface area contributed by atoms with Crippen molar-refractivity contribution in [2.45, 2.75) is 13.0 Å². The lowest BCUT2D eigenvalue weighted by atomic mass is 10.2. The number of thiocarbonyl (C=S) groups is 1. The summed E-state index contributed by atoms with van der Waals surface area (Å²) in [4.78, 5) is 12.0. The van der Waals surface area contributed by atoms with Crippen molar-refractivity contribution < 1.29 is 14.3 Å². The second-order valence-electron chi connectivity index (χ2n) is 4.62. The molecule has 112 valence electrons. The average Bonchev–Trinajstić information content (AvgIpc) is 2.50. The summed E-state index contributed by atoms with van der Waals surface area (Å²) in [5.74, 6) is 0.823. The highest BCUT2D eigenvalue weighted by molar-refractivity contribution is 7.80. The fraction of sp³-hybridized carbons (Fsp3) is 0.286. The van der Waals surface area contributed by atoms with Crippen LogP contribution in [-0.4, -0.2) is 30.3 Å². The summed E-state index contributed by atoms with van der Waals surface area (Å²) >= 11 is 5.01. The normalized spacial score (nSPS) is 15.8. The number of carbonyl (C=O) groups is 1. The first kappa shape index (κ1) is 15.1. The molecule has 0 bridgehead atoms. The molecule has 6 nitrogen and oxygen atoms in total. The summed E-state index contributed by atoms with van der Waals surface area (Å²) < 4.78 is 11.0. The van der Waals surface area contributed by atoms with E-state index in [0.717, 1.165) is 5.57 Å². The minimum atomic E-state index is -0.726. The van der Waals surface area contributed by atoms with Gasteiger partial charge in [-0.05, 0) is 31.3 Å². The van der Waals surface area contributed by atoms with Crippen LogP contribution in [0.4, 0.5) is 0 Å². The summed E-state index contributed by atoms with van der Waals surface area (Å²) in [7, 11) is 0. The number of hydrogen-bond acceptors (Lipinski definition) is 4. The van der Waals surface area contributed by atoms with Crippen molar-refractivity contribution in [1.82, 2.24) is 16.2 Å². The highest BCUT2D eigenvalue weighted by Crippen LogP contribution is 2.30. The molecule has 0 aliphatic carbocycles. The second kappa shape index (κ2) is 6.94. The van der Waals surface area contributed by atoms with E-state index in [2.05, 4.69) is 22.7 Å². The van der Waals surface area contributed by atoms with E-state index < -0.39 is 6.10 Å². The SMILES string of the molecule is C=C(C)CNC(=S)NNC(=O)[C@@H]1COc2ccccc2O1. The predicted molar refractivity (Wildman–Crippen MR) is 83.0 cm³/mol. The summed E-state index contributed by atoms with van der Waals surface area (Å²) in [6.07, 6.45) is -0.726. The first-order valence-corrected chi connectivity index (χ1v) is 6.83. The van der Waals surface area contributed by atoms with Crippen molar-refractivity contribution in [3.8, 4) is 11.5 Å². The number of ether oxygens (including phenoxy) is 2. The smallest absolute Gasteiger partial charge is 0.283 e. The summed E-state index contributed by atoms with van der Waals surface area (Å²) in [6, 6.07) is 7.20. The Hall–Kier alpha value is -2.28. The molecular formula is C14H17N3O3S. The Labute approximate surface area is 128 Å². The van der Waals surface area contributed by atoms with Gasteiger partial charge in [-0.15, -0.1) is 0 Å². The average molecular weight is 307 g/mol. The van der Waals surface area contributed by atoms with Crippen LogP contribution in [0.25, 0.3) is 0 Å². The molecule has 1 amide bonds. The van der Waals surface area contributed by atoms with Gasteiger partial charge in [-0.3, -0.25) is 15.6 Å². The lowest BCUT2D eigenvalue weighted by Gasteiger charge is -2.25. The highest BCUT2D eigenvalue weighted by Gasteiger charge is 2.27. The maximum Gasteiger partial charge on any atom is 0.283 e. The molecule has 0 aromatic heterocycles. The fourth-order valence-electron chi connectivity index (χ4n) is 1.62. The Bertz CT molecular complexity index is 562. The molecule has 3 N–H and O–H groups in total. The Balaban J connectivity index is 1.80. The summed E-state index contributed by atoms with van der Waals surface area (Å²) in [5.41, 5.74) is 6.02. The van der Waals surface area contributed by atoms with E-state index in [9.17, 15) is 4.79 Å². The molecule has 7 heteroatoms. The third kappa shape index (κ3) is 4.35. The van der Waals surface area contributed by atoms with Gasteiger partial charge in [0.2, 0.25) is 6.10 Å². The van der Waals surface area contributed by atoms with Gasteiger partial charge in [0.25, 0.3) is 5.91 Å². The number of amides is 1. The molecule has 0 unspecified atom stereocenters. The molecule has 0 saturated heterocycles. The van der Waals surface area contributed by atoms with Gasteiger partial charge < -0.3 is 14.8 Å². The number of fused-ring (bicyclic) bond motifs is 1. The zero-order valence-corrected chi connectivity index (χ0v) is 12.5. The van der Waals surface area contributed by atoms with Crippen molar-refractivity contribution >= 4 is 23.2 Å². The predicted octanol–water partition coefficient (Wildman–Crippen LogP) is 0.898. The van der Waals surface area contributed by atoms with Crippen LogP contribution in [0.15, 0.2) is 36.4 Å². The Morgan fingerprint density at radius 3 is 2.81 bits per heavy atom. The largest absolute Gasteiger partial charge is 0.485 e. The number of para-hydroxylation sites is 2. The van der Waals surface area contributed by atoms with Crippen LogP contribution in [-0.2, 0) is 4.79 Å². The van der Waals surface area contributed by atoms with Crippen molar-refractivity contribution in [2.75, 3.05) is 13.2 Å². The topological polar surface area (TPSA) is 71.6 Å². The summed E-state index contributed by atoms with van der Waals surface area (Å²) in [5, 5.41) is 3.20. The first-order chi connectivity index (χ1) is 10.1. The third-order valence-corrected chi connectivity index (χ3v) is 2.90. The lowest BCUT2D eigenvalue weighted by molar-refractivity contribution is -0.130. The van der Waals surface area contributed by atoms with Crippen molar-refractivity contribution in [1.29, 1.82) is 0 Å². The van der Waals surface area contributed by atoms with E-state index in [1.54, 1.807) is 12.1 Å². The third-order valence-electron chi connectivity index (χ3n) is 2.65. The number of benzene rings is 1. The Morgan fingerprint density at radius 2 is 2.10 bits per heavy atom. The van der Waals surface area contributed by atoms with Gasteiger partial charge in [-0.25, -0.2) is 0 Å². The highest BCUT2D eigenvalue weighted by atomic mass is 32.1. The van der Waals surface area contributed by atoms with Crippen molar-refractivity contribution in [3.63, 3.8) is 0 Å². The molecule has 1 heterocycles. The van der Waals surface area contributed by atoms with Gasteiger partial charge in [0.1, 0.15) is 6.61 Å². The molecule has 1 aromatic rings. The molecule has 1 atom stereocenters. The Morgan fingerprint density at radius 1 is 1.38 bits per heavy atom. The van der Waals surface area contributed by atoms with Gasteiger partial charge in [-0.2, -0.15) is 0 Å². The summed E-state index contributed by atoms with van der Waals surface area (Å²) in [6.45, 7) is 6.31. The van der Waals surface area contributed by atoms with Crippen LogP contribution in [0.3, 0.4) is 0 Å². The van der Waals surface area contributed by atoms with Gasteiger partial charge in [-0.1, -0.05) is 24.3 Å². The minimum absolute atomic E-state index is 0.149. The second-order valence-corrected chi connectivity index (χ2v) is 5.03. The number of carbonyl (C=O) groups excluding carboxylic acids is 1. The molecule has 1 aliphatic heterocycles. The van der Waals surface area contributed by atoms with Crippen LogP contribution in [0.2, 0.25) is 0 Å². The van der Waals surface area contributed by atoms with Crippen LogP contribution in [0, 0.1) is 0 Å². The van der Waals surface area contributed by atoms with Gasteiger partial charge >= 0.3 is 0 Å². The van der Waals surface area contributed by atoms with Crippen molar-refractivity contribution in [2.24, 2.45) is 0 Å². The van der Waals surface area contributed by atoms with E-state index >= 15 is 0 Å². The minimum Gasteiger partial charge on any atom is -0.485 e. The zero-order valence-electron chi connectivity index (χ0n) is 11.6. The lowest BCUT2D eigenvalue weighted by Crippen LogP contribution is -2.53. The number of hydrazine groups is 1. The van der Waals surface area contributed by atoms with E-state index in [1.165, 1.54) is 0 Å². The molecule has 0 spiro atoms. The van der Waals surface area contributed by atoms with Gasteiger partial charge in [0.05, 0.1) is 0 Å². The number of rotatable bonds is 3. The van der Waals surface area contributed by atoms with Crippen LogP contribution >= 0.6 is 12.2 Å². The molecule has 1 aromatic carbocycles. The maximum absolute atomic E-state index is 12.0. The monoisotopic (exact) mass is 307 g/mol.